The van der Waals surface area contributed by atoms with Crippen molar-refractivity contribution in [1.82, 2.24) is 9.80 Å². The first-order valence-electron chi connectivity index (χ1n) is 7.11. The summed E-state index contributed by atoms with van der Waals surface area (Å²) in [4.78, 5) is 16.4. The fourth-order valence-electron chi connectivity index (χ4n) is 2.14. The Morgan fingerprint density at radius 1 is 1.36 bits per heavy atom. The number of carbonyl (C=O) groups excluding carboxylic acids is 1. The number of hydrogen-bond acceptors (Lipinski definition) is 4. The van der Waals surface area contributed by atoms with Gasteiger partial charge in [0.1, 0.15) is 11.6 Å². The van der Waals surface area contributed by atoms with Crippen LogP contribution in [0.15, 0.2) is 30.0 Å². The lowest BCUT2D eigenvalue weighted by Gasteiger charge is -2.31. The van der Waals surface area contributed by atoms with Crippen molar-refractivity contribution in [2.75, 3.05) is 38.5 Å². The number of carbonyl (C=O) groups is 1. The van der Waals surface area contributed by atoms with Crippen LogP contribution in [0.3, 0.4) is 0 Å². The first kappa shape index (κ1) is 16.3. The summed E-state index contributed by atoms with van der Waals surface area (Å²) in [6.07, 6.45) is 1.64. The minimum atomic E-state index is -0.415. The number of halogens is 1. The summed E-state index contributed by atoms with van der Waals surface area (Å²) >= 11 is 6.04. The third-order valence-corrected chi connectivity index (χ3v) is 4.05. The summed E-state index contributed by atoms with van der Waals surface area (Å²) in [7, 11) is 2.06. The minimum absolute atomic E-state index is 0.0984. The number of nitriles is 1. The average molecular weight is 319 g/mol. The van der Waals surface area contributed by atoms with Gasteiger partial charge in [-0.25, -0.2) is 0 Å². The molecule has 2 rings (SSSR count). The maximum Gasteiger partial charge on any atom is 0.267 e. The van der Waals surface area contributed by atoms with Gasteiger partial charge in [0.25, 0.3) is 5.91 Å². The van der Waals surface area contributed by atoms with Crippen molar-refractivity contribution >= 4 is 23.2 Å². The zero-order chi connectivity index (χ0) is 16.1. The van der Waals surface area contributed by atoms with Crippen LogP contribution in [0.1, 0.15) is 5.56 Å². The van der Waals surface area contributed by atoms with Crippen LogP contribution in [-0.2, 0) is 4.79 Å². The van der Waals surface area contributed by atoms with E-state index in [0.29, 0.717) is 10.7 Å². The number of nitrogens with one attached hydrogen (secondary N) is 1. The molecule has 1 aromatic carbocycles. The Morgan fingerprint density at radius 3 is 2.64 bits per heavy atom. The van der Waals surface area contributed by atoms with Gasteiger partial charge in [-0.1, -0.05) is 17.7 Å². The third-order valence-electron chi connectivity index (χ3n) is 3.64. The standard InChI is InChI=1S/C16H19ClN4O/c1-12-3-4-14(9-15(12)17)19-16(22)13(10-18)11-21-7-5-20(2)6-8-21/h3-4,9,11H,5-8H2,1-2H3,(H,19,22)/b13-11-. The van der Waals surface area contributed by atoms with Gasteiger partial charge in [-0.05, 0) is 31.7 Å². The second kappa shape index (κ2) is 7.30. The fraction of sp³-hybridized carbons (Fsp3) is 0.375. The van der Waals surface area contributed by atoms with E-state index in [9.17, 15) is 10.1 Å². The van der Waals surface area contributed by atoms with Crippen molar-refractivity contribution in [1.29, 1.82) is 5.26 Å². The normalized spacial score (nSPS) is 16.3. The second-order valence-corrected chi connectivity index (χ2v) is 5.82. The highest BCUT2D eigenvalue weighted by molar-refractivity contribution is 6.31. The van der Waals surface area contributed by atoms with Gasteiger partial charge in [-0.2, -0.15) is 5.26 Å². The topological polar surface area (TPSA) is 59.4 Å². The van der Waals surface area contributed by atoms with Crippen molar-refractivity contribution in [3.05, 3.63) is 40.6 Å². The summed E-state index contributed by atoms with van der Waals surface area (Å²) in [5, 5.41) is 12.5. The molecule has 1 heterocycles. The molecule has 0 atom stereocenters. The van der Waals surface area contributed by atoms with Gasteiger partial charge in [0.05, 0.1) is 0 Å². The van der Waals surface area contributed by atoms with Gasteiger partial charge in [0.15, 0.2) is 0 Å². The van der Waals surface area contributed by atoms with E-state index in [2.05, 4.69) is 17.3 Å². The first-order valence-corrected chi connectivity index (χ1v) is 7.49. The summed E-state index contributed by atoms with van der Waals surface area (Å²) in [5.41, 5.74) is 1.62. The minimum Gasteiger partial charge on any atom is -0.374 e. The molecule has 1 N–H and O–H groups in total. The van der Waals surface area contributed by atoms with E-state index in [-0.39, 0.29) is 5.57 Å². The number of anilines is 1. The first-order chi connectivity index (χ1) is 10.5. The molecular formula is C16H19ClN4O. The molecule has 0 bridgehead atoms. The lowest BCUT2D eigenvalue weighted by atomic mass is 10.2. The van der Waals surface area contributed by atoms with E-state index < -0.39 is 5.91 Å². The highest BCUT2D eigenvalue weighted by Crippen LogP contribution is 2.20. The summed E-state index contributed by atoms with van der Waals surface area (Å²) in [5.74, 6) is -0.415. The molecule has 1 aromatic rings. The predicted octanol–water partition coefficient (Wildman–Crippen LogP) is 2.24. The van der Waals surface area contributed by atoms with Gasteiger partial charge < -0.3 is 15.1 Å². The van der Waals surface area contributed by atoms with Crippen LogP contribution in [-0.4, -0.2) is 48.9 Å². The van der Waals surface area contributed by atoms with E-state index in [0.717, 1.165) is 31.7 Å². The van der Waals surface area contributed by atoms with Crippen LogP contribution >= 0.6 is 11.6 Å². The highest BCUT2D eigenvalue weighted by atomic mass is 35.5. The van der Waals surface area contributed by atoms with Gasteiger partial charge in [-0.15, -0.1) is 0 Å². The molecule has 0 unspecified atom stereocenters. The fourth-order valence-corrected chi connectivity index (χ4v) is 2.32. The molecule has 6 heteroatoms. The number of piperazine rings is 1. The van der Waals surface area contributed by atoms with Gasteiger partial charge >= 0.3 is 0 Å². The van der Waals surface area contributed by atoms with Crippen LogP contribution in [0.4, 0.5) is 5.69 Å². The Morgan fingerprint density at radius 2 is 2.05 bits per heavy atom. The largest absolute Gasteiger partial charge is 0.374 e. The molecule has 0 saturated carbocycles. The van der Waals surface area contributed by atoms with E-state index >= 15 is 0 Å². The predicted molar refractivity (Wildman–Crippen MR) is 87.6 cm³/mol. The number of benzene rings is 1. The highest BCUT2D eigenvalue weighted by Gasteiger charge is 2.15. The van der Waals surface area contributed by atoms with Gasteiger partial charge in [-0.3, -0.25) is 4.79 Å². The van der Waals surface area contributed by atoms with Crippen LogP contribution in [0, 0.1) is 18.3 Å². The van der Waals surface area contributed by atoms with E-state index in [1.807, 2.05) is 24.0 Å². The number of aryl methyl sites for hydroxylation is 1. The summed E-state index contributed by atoms with van der Waals surface area (Å²) in [6.45, 7) is 5.35. The summed E-state index contributed by atoms with van der Waals surface area (Å²) < 4.78 is 0. The van der Waals surface area contributed by atoms with Gasteiger partial charge in [0, 0.05) is 43.1 Å². The van der Waals surface area contributed by atoms with Crippen LogP contribution < -0.4 is 5.32 Å². The van der Waals surface area contributed by atoms with Gasteiger partial charge in [0.2, 0.25) is 0 Å². The molecule has 0 radical (unpaired) electrons. The zero-order valence-corrected chi connectivity index (χ0v) is 13.5. The van der Waals surface area contributed by atoms with E-state index in [4.69, 9.17) is 11.6 Å². The Bertz CT molecular complexity index is 628. The molecule has 1 aliphatic rings. The SMILES string of the molecule is Cc1ccc(NC(=O)/C(C#N)=C\N2CCN(C)CC2)cc1Cl. The number of likely N-dealkylation sites (N-methyl/N-ethyl adjacent to an activating group) is 1. The molecule has 5 nitrogen and oxygen atoms in total. The smallest absolute Gasteiger partial charge is 0.267 e. The number of amides is 1. The Labute approximate surface area is 135 Å². The van der Waals surface area contributed by atoms with Crippen LogP contribution in [0.5, 0.6) is 0 Å². The third kappa shape index (κ3) is 4.23. The van der Waals surface area contributed by atoms with Crippen molar-refractivity contribution in [3.63, 3.8) is 0 Å². The number of rotatable bonds is 3. The van der Waals surface area contributed by atoms with Crippen molar-refractivity contribution in [2.45, 2.75) is 6.92 Å². The quantitative estimate of drug-likeness (QED) is 0.686. The molecule has 116 valence electrons. The number of nitrogens with zero attached hydrogens (tertiary/aromatic N) is 3. The van der Waals surface area contributed by atoms with Crippen molar-refractivity contribution in [2.24, 2.45) is 0 Å². The molecule has 0 spiro atoms. The van der Waals surface area contributed by atoms with E-state index in [1.54, 1.807) is 18.3 Å². The monoisotopic (exact) mass is 318 g/mol. The van der Waals surface area contributed by atoms with Crippen molar-refractivity contribution < 1.29 is 4.79 Å². The molecule has 0 aliphatic carbocycles. The summed E-state index contributed by atoms with van der Waals surface area (Å²) in [6, 6.07) is 7.24. The van der Waals surface area contributed by atoms with Crippen molar-refractivity contribution in [3.8, 4) is 6.07 Å². The molecular weight excluding hydrogens is 300 g/mol. The molecule has 1 amide bonds. The Hall–Kier alpha value is -2.03. The van der Waals surface area contributed by atoms with E-state index in [1.165, 1.54) is 0 Å². The molecule has 1 fully saturated rings. The number of hydrogen-bond donors (Lipinski definition) is 1. The second-order valence-electron chi connectivity index (χ2n) is 5.41. The van der Waals surface area contributed by atoms with Crippen LogP contribution in [0.2, 0.25) is 5.02 Å². The maximum absolute atomic E-state index is 12.2. The molecule has 22 heavy (non-hydrogen) atoms. The molecule has 0 aromatic heterocycles. The lowest BCUT2D eigenvalue weighted by Crippen LogP contribution is -2.42. The maximum atomic E-state index is 12.2. The lowest BCUT2D eigenvalue weighted by molar-refractivity contribution is -0.112. The van der Waals surface area contributed by atoms with Crippen LogP contribution in [0.25, 0.3) is 0 Å². The molecule has 1 saturated heterocycles. The average Bonchev–Trinajstić information content (AvgIpc) is 2.50. The Kier molecular flexibility index (Phi) is 5.42. The Balaban J connectivity index is 2.05. The molecule has 1 aliphatic heterocycles. The zero-order valence-electron chi connectivity index (χ0n) is 12.8.